The van der Waals surface area contributed by atoms with Crippen LogP contribution in [0.3, 0.4) is 0 Å². The summed E-state index contributed by atoms with van der Waals surface area (Å²) in [5.74, 6) is 1.48. The van der Waals surface area contributed by atoms with Gasteiger partial charge in [-0.25, -0.2) is 12.8 Å². The molecule has 4 saturated carbocycles. The van der Waals surface area contributed by atoms with E-state index >= 15 is 0 Å². The first-order valence-corrected chi connectivity index (χ1v) is 11.3. The van der Waals surface area contributed by atoms with Crippen LogP contribution in [0.5, 0.6) is 0 Å². The van der Waals surface area contributed by atoms with Gasteiger partial charge in [0.1, 0.15) is 17.4 Å². The fourth-order valence-corrected chi connectivity index (χ4v) is 7.00. The summed E-state index contributed by atoms with van der Waals surface area (Å²) in [6, 6.07) is 6.60. The molecule has 0 atom stereocenters. The fourth-order valence-electron chi connectivity index (χ4n) is 6.32. The van der Waals surface area contributed by atoms with Gasteiger partial charge in [-0.3, -0.25) is 4.79 Å². The molecule has 0 radical (unpaired) electrons. The molecule has 0 saturated heterocycles. The molecule has 25 heavy (non-hydrogen) atoms. The molecule has 0 aliphatic heterocycles. The smallest absolute Gasteiger partial charge is 0.154 e. The first-order chi connectivity index (χ1) is 11.8. The SMILES string of the molecule is CS(=O)(=O)CC(=O)CC1(c2ccc(F)cc2)C2CC3CC(C2)CC1C3. The van der Waals surface area contributed by atoms with Crippen LogP contribution in [0.25, 0.3) is 0 Å². The number of hydrogen-bond acceptors (Lipinski definition) is 3. The van der Waals surface area contributed by atoms with Gasteiger partial charge in [0.15, 0.2) is 9.84 Å². The van der Waals surface area contributed by atoms with Crippen LogP contribution in [0.2, 0.25) is 0 Å². The predicted octanol–water partition coefficient (Wildman–Crippen LogP) is 3.52. The summed E-state index contributed by atoms with van der Waals surface area (Å²) in [5, 5.41) is 0. The first kappa shape index (κ1) is 17.2. The van der Waals surface area contributed by atoms with Gasteiger partial charge in [0, 0.05) is 18.1 Å². The van der Waals surface area contributed by atoms with Crippen molar-refractivity contribution in [2.24, 2.45) is 23.7 Å². The van der Waals surface area contributed by atoms with Crippen molar-refractivity contribution in [3.8, 4) is 0 Å². The first-order valence-electron chi connectivity index (χ1n) is 9.22. The molecule has 5 heteroatoms. The molecular formula is C20H25FO3S. The summed E-state index contributed by atoms with van der Waals surface area (Å²) in [6.07, 6.45) is 7.19. The average molecular weight is 364 g/mol. The Morgan fingerprint density at radius 3 is 2.04 bits per heavy atom. The Morgan fingerprint density at radius 2 is 1.56 bits per heavy atom. The maximum atomic E-state index is 13.5. The van der Waals surface area contributed by atoms with Crippen molar-refractivity contribution in [1.29, 1.82) is 0 Å². The number of sulfone groups is 1. The van der Waals surface area contributed by atoms with Gasteiger partial charge in [0.2, 0.25) is 0 Å². The highest BCUT2D eigenvalue weighted by Crippen LogP contribution is 2.64. The quantitative estimate of drug-likeness (QED) is 0.803. The third-order valence-corrected chi connectivity index (χ3v) is 7.74. The largest absolute Gasteiger partial charge is 0.299 e. The summed E-state index contributed by atoms with van der Waals surface area (Å²) in [5.41, 5.74) is 0.729. The number of Topliss-reactive ketones (excluding diaryl/α,β-unsaturated/α-hetero) is 1. The van der Waals surface area contributed by atoms with E-state index in [1.807, 2.05) is 12.1 Å². The van der Waals surface area contributed by atoms with E-state index in [-0.39, 0.29) is 29.2 Å². The van der Waals surface area contributed by atoms with Crippen molar-refractivity contribution < 1.29 is 17.6 Å². The molecule has 136 valence electrons. The van der Waals surface area contributed by atoms with Crippen LogP contribution in [0.4, 0.5) is 4.39 Å². The number of rotatable bonds is 5. The third-order valence-electron chi connectivity index (χ3n) is 6.89. The number of carbonyl (C=O) groups excluding carboxylic acids is 1. The normalized spacial score (nSPS) is 36.6. The van der Waals surface area contributed by atoms with E-state index in [4.69, 9.17) is 0 Å². The number of hydrogen-bond donors (Lipinski definition) is 0. The van der Waals surface area contributed by atoms with Crippen molar-refractivity contribution >= 4 is 15.6 Å². The Bertz CT molecular complexity index is 754. The number of halogens is 1. The lowest BCUT2D eigenvalue weighted by molar-refractivity contribution is -0.124. The summed E-state index contributed by atoms with van der Waals surface area (Å²) in [6.45, 7) is 0. The topological polar surface area (TPSA) is 51.2 Å². The molecule has 4 aliphatic rings. The monoisotopic (exact) mass is 364 g/mol. The van der Waals surface area contributed by atoms with Gasteiger partial charge in [-0.1, -0.05) is 12.1 Å². The van der Waals surface area contributed by atoms with Gasteiger partial charge in [-0.2, -0.15) is 0 Å². The Hall–Kier alpha value is -1.23. The number of ketones is 1. The van der Waals surface area contributed by atoms with E-state index in [1.54, 1.807) is 0 Å². The van der Waals surface area contributed by atoms with E-state index in [1.165, 1.54) is 18.6 Å². The molecule has 0 unspecified atom stereocenters. The predicted molar refractivity (Wildman–Crippen MR) is 94.5 cm³/mol. The second-order valence-corrected chi connectivity index (χ2v) is 10.8. The average Bonchev–Trinajstić information content (AvgIpc) is 2.49. The van der Waals surface area contributed by atoms with Gasteiger partial charge >= 0.3 is 0 Å². The van der Waals surface area contributed by atoms with Gasteiger partial charge in [0.05, 0.1) is 0 Å². The minimum Gasteiger partial charge on any atom is -0.299 e. The van der Waals surface area contributed by atoms with Crippen molar-refractivity contribution in [2.75, 3.05) is 12.0 Å². The van der Waals surface area contributed by atoms with Crippen molar-refractivity contribution in [2.45, 2.75) is 43.9 Å². The van der Waals surface area contributed by atoms with Crippen LogP contribution < -0.4 is 0 Å². The minimum atomic E-state index is -3.32. The van der Waals surface area contributed by atoms with Crippen LogP contribution in [0.15, 0.2) is 24.3 Å². The summed E-state index contributed by atoms with van der Waals surface area (Å²) in [7, 11) is -3.32. The van der Waals surface area contributed by atoms with Crippen LogP contribution in [-0.4, -0.2) is 26.2 Å². The maximum absolute atomic E-state index is 13.5. The van der Waals surface area contributed by atoms with Crippen LogP contribution >= 0.6 is 0 Å². The molecule has 4 fully saturated rings. The summed E-state index contributed by atoms with van der Waals surface area (Å²) >= 11 is 0. The number of benzene rings is 1. The maximum Gasteiger partial charge on any atom is 0.154 e. The minimum absolute atomic E-state index is 0.195. The second-order valence-electron chi connectivity index (χ2n) is 8.64. The van der Waals surface area contributed by atoms with Gasteiger partial charge in [-0.05, 0) is 73.5 Å². The zero-order valence-electron chi connectivity index (χ0n) is 14.6. The number of carbonyl (C=O) groups is 1. The lowest BCUT2D eigenvalue weighted by Gasteiger charge is -2.61. The summed E-state index contributed by atoms with van der Waals surface area (Å²) in [4.78, 5) is 12.6. The van der Waals surface area contributed by atoms with Crippen molar-refractivity contribution in [3.05, 3.63) is 35.6 Å². The Balaban J connectivity index is 1.74. The van der Waals surface area contributed by atoms with Gasteiger partial charge in [-0.15, -0.1) is 0 Å². The zero-order chi connectivity index (χ0) is 17.8. The Morgan fingerprint density at radius 1 is 1.04 bits per heavy atom. The molecule has 0 heterocycles. The molecule has 0 spiro atoms. The van der Waals surface area contributed by atoms with Gasteiger partial charge < -0.3 is 0 Å². The highest BCUT2D eigenvalue weighted by molar-refractivity contribution is 7.91. The molecule has 1 aromatic rings. The van der Waals surface area contributed by atoms with E-state index in [0.29, 0.717) is 11.8 Å². The van der Waals surface area contributed by atoms with E-state index in [2.05, 4.69) is 0 Å². The fraction of sp³-hybridized carbons (Fsp3) is 0.650. The molecule has 1 aromatic carbocycles. The molecule has 0 amide bonds. The van der Waals surface area contributed by atoms with E-state index < -0.39 is 9.84 Å². The summed E-state index contributed by atoms with van der Waals surface area (Å²) < 4.78 is 36.7. The Kier molecular flexibility index (Phi) is 4.06. The van der Waals surface area contributed by atoms with Crippen molar-refractivity contribution in [3.63, 3.8) is 0 Å². The lowest BCUT2D eigenvalue weighted by atomic mass is 9.43. The van der Waals surface area contributed by atoms with E-state index in [0.717, 1.165) is 49.3 Å². The molecular weight excluding hydrogens is 339 g/mol. The molecule has 4 aliphatic carbocycles. The zero-order valence-corrected chi connectivity index (χ0v) is 15.4. The molecule has 0 aromatic heterocycles. The molecule has 5 rings (SSSR count). The molecule has 3 nitrogen and oxygen atoms in total. The standard InChI is InChI=1S/C20H25FO3S/c1-25(23,24)12-19(22)11-20(15-2-4-18(21)5-3-15)16-7-13-6-14(9-16)10-17(20)8-13/h2-5,13-14,16-17H,6-12H2,1H3. The van der Waals surface area contributed by atoms with Gasteiger partial charge in [0.25, 0.3) is 0 Å². The molecule has 0 N–H and O–H groups in total. The van der Waals surface area contributed by atoms with E-state index in [9.17, 15) is 17.6 Å². The lowest BCUT2D eigenvalue weighted by Crippen LogP contribution is -2.56. The molecule has 4 bridgehead atoms. The Labute approximate surface area is 148 Å². The van der Waals surface area contributed by atoms with Crippen LogP contribution in [-0.2, 0) is 20.0 Å². The van der Waals surface area contributed by atoms with Crippen LogP contribution in [0, 0.1) is 29.5 Å². The van der Waals surface area contributed by atoms with Crippen molar-refractivity contribution in [1.82, 2.24) is 0 Å². The third kappa shape index (κ3) is 3.05. The highest BCUT2D eigenvalue weighted by Gasteiger charge is 2.58. The second kappa shape index (κ2) is 5.90. The van der Waals surface area contributed by atoms with Crippen LogP contribution in [0.1, 0.15) is 44.1 Å². The highest BCUT2D eigenvalue weighted by atomic mass is 32.2.